The Morgan fingerprint density at radius 1 is 1.23 bits per heavy atom. The molecule has 6 nitrogen and oxygen atoms in total. The van der Waals surface area contributed by atoms with Crippen LogP contribution in [0.25, 0.3) is 0 Å². The van der Waals surface area contributed by atoms with E-state index >= 15 is 0 Å². The molecule has 0 radical (unpaired) electrons. The minimum Gasteiger partial charge on any atom is -0.353 e. The van der Waals surface area contributed by atoms with Gasteiger partial charge in [0.1, 0.15) is 0 Å². The lowest BCUT2D eigenvalue weighted by Gasteiger charge is -2.32. The number of piperidine rings is 1. The molecule has 146 valence electrons. The molecule has 0 aliphatic carbocycles. The summed E-state index contributed by atoms with van der Waals surface area (Å²) < 4.78 is 27.4. The molecule has 0 bridgehead atoms. The first kappa shape index (κ1) is 20.9. The van der Waals surface area contributed by atoms with Crippen molar-refractivity contribution in [1.82, 2.24) is 14.9 Å². The standard InChI is InChI=1S/C19H31N3O3S/c1-4-11-22-12-8-17(9-13-22)21-19(23)7-10-20-26(24,25)18-14-15(2)5-6-16(18)3/h5-6,14,17,20H,4,7-13H2,1-3H3,(H,21,23). The molecular formula is C19H31N3O3S. The van der Waals surface area contributed by atoms with Crippen molar-refractivity contribution in [3.8, 4) is 0 Å². The number of carbonyl (C=O) groups excluding carboxylic acids is 1. The Balaban J connectivity index is 1.77. The van der Waals surface area contributed by atoms with Crippen LogP contribution in [0.3, 0.4) is 0 Å². The predicted molar refractivity (Wildman–Crippen MR) is 104 cm³/mol. The molecule has 1 aliphatic heterocycles. The van der Waals surface area contributed by atoms with Crippen molar-refractivity contribution < 1.29 is 13.2 Å². The second kappa shape index (κ2) is 9.48. The van der Waals surface area contributed by atoms with Gasteiger partial charge in [-0.2, -0.15) is 0 Å². The first-order valence-corrected chi connectivity index (χ1v) is 10.9. The minimum absolute atomic E-state index is 0.0948. The number of aryl methyl sites for hydroxylation is 2. The number of amides is 1. The fraction of sp³-hybridized carbons (Fsp3) is 0.632. The van der Waals surface area contributed by atoms with E-state index in [0.29, 0.717) is 5.56 Å². The van der Waals surface area contributed by atoms with Crippen LogP contribution in [0.5, 0.6) is 0 Å². The molecule has 0 atom stereocenters. The molecule has 2 N–H and O–H groups in total. The number of rotatable bonds is 8. The Morgan fingerprint density at radius 2 is 1.92 bits per heavy atom. The molecule has 1 amide bonds. The van der Waals surface area contributed by atoms with Gasteiger partial charge in [0.05, 0.1) is 4.90 Å². The molecule has 1 saturated heterocycles. The van der Waals surface area contributed by atoms with Gasteiger partial charge in [-0.3, -0.25) is 4.79 Å². The molecule has 7 heteroatoms. The first-order chi connectivity index (χ1) is 12.3. The van der Waals surface area contributed by atoms with E-state index in [-0.39, 0.29) is 29.8 Å². The van der Waals surface area contributed by atoms with Crippen LogP contribution >= 0.6 is 0 Å². The van der Waals surface area contributed by atoms with Crippen molar-refractivity contribution in [2.45, 2.75) is 57.4 Å². The number of nitrogens with zero attached hydrogens (tertiary/aromatic N) is 1. The van der Waals surface area contributed by atoms with Crippen LogP contribution < -0.4 is 10.0 Å². The minimum atomic E-state index is -3.59. The summed E-state index contributed by atoms with van der Waals surface area (Å²) in [5.74, 6) is -0.0948. The van der Waals surface area contributed by atoms with Crippen molar-refractivity contribution in [2.24, 2.45) is 0 Å². The molecular weight excluding hydrogens is 350 g/mol. The Kier molecular flexibility index (Phi) is 7.61. The molecule has 1 fully saturated rings. The fourth-order valence-corrected chi connectivity index (χ4v) is 4.65. The van der Waals surface area contributed by atoms with E-state index in [1.165, 1.54) is 0 Å². The van der Waals surface area contributed by atoms with Crippen LogP contribution in [0.4, 0.5) is 0 Å². The van der Waals surface area contributed by atoms with E-state index in [2.05, 4.69) is 21.9 Å². The highest BCUT2D eigenvalue weighted by Gasteiger charge is 2.21. The van der Waals surface area contributed by atoms with Crippen LogP contribution in [0, 0.1) is 13.8 Å². The van der Waals surface area contributed by atoms with Crippen molar-refractivity contribution in [3.05, 3.63) is 29.3 Å². The summed E-state index contributed by atoms with van der Waals surface area (Å²) >= 11 is 0. The van der Waals surface area contributed by atoms with Gasteiger partial charge in [-0.05, 0) is 56.8 Å². The number of benzene rings is 1. The van der Waals surface area contributed by atoms with Crippen LogP contribution in [0.1, 0.15) is 43.7 Å². The Hall–Kier alpha value is -1.44. The van der Waals surface area contributed by atoms with Gasteiger partial charge in [0.2, 0.25) is 15.9 Å². The van der Waals surface area contributed by atoms with Crippen LogP contribution in [0.15, 0.2) is 23.1 Å². The average molecular weight is 382 g/mol. The van der Waals surface area contributed by atoms with Crippen LogP contribution in [0.2, 0.25) is 0 Å². The van der Waals surface area contributed by atoms with E-state index in [1.54, 1.807) is 19.1 Å². The lowest BCUT2D eigenvalue weighted by molar-refractivity contribution is -0.121. The molecule has 1 aliphatic rings. The number of nitrogens with one attached hydrogen (secondary N) is 2. The number of carbonyl (C=O) groups is 1. The van der Waals surface area contributed by atoms with Gasteiger partial charge in [0.25, 0.3) is 0 Å². The molecule has 1 aromatic carbocycles. The lowest BCUT2D eigenvalue weighted by Crippen LogP contribution is -2.45. The quantitative estimate of drug-likeness (QED) is 0.722. The highest BCUT2D eigenvalue weighted by molar-refractivity contribution is 7.89. The van der Waals surface area contributed by atoms with Gasteiger partial charge < -0.3 is 10.2 Å². The molecule has 0 saturated carbocycles. The highest BCUT2D eigenvalue weighted by Crippen LogP contribution is 2.16. The average Bonchev–Trinajstić information content (AvgIpc) is 2.59. The van der Waals surface area contributed by atoms with Gasteiger partial charge in [0, 0.05) is 32.1 Å². The summed E-state index contributed by atoms with van der Waals surface area (Å²) in [7, 11) is -3.59. The molecule has 0 spiro atoms. The number of hydrogen-bond acceptors (Lipinski definition) is 4. The normalized spacial score (nSPS) is 16.6. The van der Waals surface area contributed by atoms with Crippen LogP contribution in [-0.4, -0.2) is 51.4 Å². The van der Waals surface area contributed by atoms with E-state index in [9.17, 15) is 13.2 Å². The van der Waals surface area contributed by atoms with Gasteiger partial charge in [-0.15, -0.1) is 0 Å². The molecule has 26 heavy (non-hydrogen) atoms. The summed E-state index contributed by atoms with van der Waals surface area (Å²) in [6.45, 7) is 9.05. The topological polar surface area (TPSA) is 78.5 Å². The Bertz CT molecular complexity index is 711. The van der Waals surface area contributed by atoms with Crippen LogP contribution in [-0.2, 0) is 14.8 Å². The maximum absolute atomic E-state index is 12.4. The van der Waals surface area contributed by atoms with Crippen molar-refractivity contribution in [3.63, 3.8) is 0 Å². The third-order valence-electron chi connectivity index (χ3n) is 4.77. The smallest absolute Gasteiger partial charge is 0.240 e. The first-order valence-electron chi connectivity index (χ1n) is 9.40. The molecule has 0 aromatic heterocycles. The molecule has 1 heterocycles. The zero-order chi connectivity index (χ0) is 19.2. The van der Waals surface area contributed by atoms with Crippen molar-refractivity contribution in [2.75, 3.05) is 26.2 Å². The number of likely N-dealkylation sites (tertiary alicyclic amines) is 1. The van der Waals surface area contributed by atoms with Gasteiger partial charge >= 0.3 is 0 Å². The zero-order valence-corrected chi connectivity index (χ0v) is 16.9. The molecule has 2 rings (SSSR count). The van der Waals surface area contributed by atoms with Gasteiger partial charge in [-0.1, -0.05) is 19.1 Å². The summed E-state index contributed by atoms with van der Waals surface area (Å²) in [4.78, 5) is 14.8. The van der Waals surface area contributed by atoms with Crippen molar-refractivity contribution in [1.29, 1.82) is 0 Å². The summed E-state index contributed by atoms with van der Waals surface area (Å²) in [6, 6.07) is 5.53. The third kappa shape index (κ3) is 6.07. The summed E-state index contributed by atoms with van der Waals surface area (Å²) in [6.07, 6.45) is 3.22. The maximum atomic E-state index is 12.4. The largest absolute Gasteiger partial charge is 0.353 e. The van der Waals surface area contributed by atoms with Gasteiger partial charge in [-0.25, -0.2) is 13.1 Å². The summed E-state index contributed by atoms with van der Waals surface area (Å²) in [5.41, 5.74) is 1.59. The monoisotopic (exact) mass is 381 g/mol. The van der Waals surface area contributed by atoms with Gasteiger partial charge in [0.15, 0.2) is 0 Å². The second-order valence-electron chi connectivity index (χ2n) is 7.10. The zero-order valence-electron chi connectivity index (χ0n) is 16.0. The van der Waals surface area contributed by atoms with E-state index < -0.39 is 10.0 Å². The van der Waals surface area contributed by atoms with Crippen molar-refractivity contribution >= 4 is 15.9 Å². The number of sulfonamides is 1. The SMILES string of the molecule is CCCN1CCC(NC(=O)CCNS(=O)(=O)c2cc(C)ccc2C)CC1. The van der Waals surface area contributed by atoms with E-state index in [4.69, 9.17) is 0 Å². The van der Waals surface area contributed by atoms with E-state index in [1.807, 2.05) is 13.0 Å². The molecule has 1 aromatic rings. The fourth-order valence-electron chi connectivity index (χ4n) is 3.29. The van der Waals surface area contributed by atoms with E-state index in [0.717, 1.165) is 44.5 Å². The predicted octanol–water partition coefficient (Wildman–Crippen LogP) is 1.96. The molecule has 0 unspecified atom stereocenters. The second-order valence-corrected chi connectivity index (χ2v) is 8.84. The summed E-state index contributed by atoms with van der Waals surface area (Å²) in [5, 5.41) is 3.03. The Morgan fingerprint density at radius 3 is 2.58 bits per heavy atom. The maximum Gasteiger partial charge on any atom is 0.240 e. The highest BCUT2D eigenvalue weighted by atomic mass is 32.2. The Labute approximate surface area is 157 Å². The number of hydrogen-bond donors (Lipinski definition) is 2. The lowest BCUT2D eigenvalue weighted by atomic mass is 10.0. The third-order valence-corrected chi connectivity index (χ3v) is 6.37.